The fraction of sp³-hybridized carbons (Fsp3) is 0.286. The molecule has 0 aromatic carbocycles. The van der Waals surface area contributed by atoms with Crippen molar-refractivity contribution >= 4 is 28.3 Å². The molecule has 1 heterocycles. The van der Waals surface area contributed by atoms with E-state index in [2.05, 4.69) is 4.98 Å². The van der Waals surface area contributed by atoms with Crippen LogP contribution in [0.4, 0.5) is 14.5 Å². The maximum atomic E-state index is 12.3. The molecule has 7 heteroatoms. The van der Waals surface area contributed by atoms with E-state index in [0.717, 1.165) is 6.20 Å². The van der Waals surface area contributed by atoms with E-state index < -0.39 is 16.9 Å². The summed E-state index contributed by atoms with van der Waals surface area (Å²) in [5.74, 6) is 0. The summed E-state index contributed by atoms with van der Waals surface area (Å²) in [6, 6.07) is 0. The van der Waals surface area contributed by atoms with E-state index in [1.165, 1.54) is 6.92 Å². The molecule has 0 radical (unpaired) electrons. The average molecular weight is 314 g/mol. The van der Waals surface area contributed by atoms with Crippen molar-refractivity contribution in [3.05, 3.63) is 31.1 Å². The van der Waals surface area contributed by atoms with Crippen molar-refractivity contribution in [3.63, 3.8) is 0 Å². The molecule has 1 aromatic rings. The third-order valence-electron chi connectivity index (χ3n) is 1.72. The van der Waals surface area contributed by atoms with E-state index in [9.17, 15) is 18.9 Å². The van der Waals surface area contributed by atoms with Crippen molar-refractivity contribution in [2.75, 3.05) is 0 Å². The Morgan fingerprint density at radius 3 is 2.64 bits per heavy atom. The highest BCUT2D eigenvalue weighted by atomic mass is 127. The van der Waals surface area contributed by atoms with Crippen LogP contribution in [0.15, 0.2) is 6.20 Å². The molecule has 0 aliphatic heterocycles. The summed E-state index contributed by atoms with van der Waals surface area (Å²) >= 11 is 1.64. The van der Waals surface area contributed by atoms with Crippen LogP contribution in [0, 0.1) is 20.7 Å². The van der Waals surface area contributed by atoms with Gasteiger partial charge in [-0.3, -0.25) is 10.1 Å². The zero-order chi connectivity index (χ0) is 10.9. The van der Waals surface area contributed by atoms with Crippen molar-refractivity contribution in [1.82, 2.24) is 4.98 Å². The summed E-state index contributed by atoms with van der Waals surface area (Å²) < 4.78 is 24.8. The lowest BCUT2D eigenvalue weighted by Gasteiger charge is -2.05. The van der Waals surface area contributed by atoms with E-state index in [0.29, 0.717) is 0 Å². The van der Waals surface area contributed by atoms with Gasteiger partial charge in [0.05, 0.1) is 4.92 Å². The second-order valence-corrected chi connectivity index (χ2v) is 3.56. The van der Waals surface area contributed by atoms with Crippen LogP contribution >= 0.6 is 22.6 Å². The van der Waals surface area contributed by atoms with Crippen LogP contribution in [0.1, 0.15) is 17.6 Å². The molecule has 1 aromatic heterocycles. The lowest BCUT2D eigenvalue weighted by atomic mass is 10.1. The molecule has 14 heavy (non-hydrogen) atoms. The quantitative estimate of drug-likeness (QED) is 0.365. The Hall–Kier alpha value is -0.860. The smallest absolute Gasteiger partial charge is 0.258 e. The number of nitro groups is 1. The summed E-state index contributed by atoms with van der Waals surface area (Å²) in [7, 11) is 0. The van der Waals surface area contributed by atoms with Crippen molar-refractivity contribution < 1.29 is 13.7 Å². The maximum absolute atomic E-state index is 12.3. The predicted molar refractivity (Wildman–Crippen MR) is 53.3 cm³/mol. The van der Waals surface area contributed by atoms with Crippen LogP contribution in [-0.4, -0.2) is 9.91 Å². The summed E-state index contributed by atoms with van der Waals surface area (Å²) in [5, 5.41) is 10.5. The van der Waals surface area contributed by atoms with Gasteiger partial charge in [0, 0.05) is 17.3 Å². The molecule has 0 unspecified atom stereocenters. The minimum absolute atomic E-state index is 0.0237. The molecule has 0 amide bonds. The van der Waals surface area contributed by atoms with Crippen molar-refractivity contribution in [1.29, 1.82) is 0 Å². The molecule has 0 spiro atoms. The number of hydrogen-bond acceptors (Lipinski definition) is 3. The summed E-state index contributed by atoms with van der Waals surface area (Å²) in [6.45, 7) is 1.30. The fourth-order valence-corrected chi connectivity index (χ4v) is 1.75. The van der Waals surface area contributed by atoms with Crippen LogP contribution in [0.5, 0.6) is 0 Å². The van der Waals surface area contributed by atoms with Crippen molar-refractivity contribution in [3.8, 4) is 0 Å². The predicted octanol–water partition coefficient (Wildman–Crippen LogP) is 2.84. The van der Waals surface area contributed by atoms with Gasteiger partial charge in [0.2, 0.25) is 0 Å². The molecule has 0 atom stereocenters. The third-order valence-corrected chi connectivity index (χ3v) is 2.51. The lowest BCUT2D eigenvalue weighted by molar-refractivity contribution is -0.386. The van der Waals surface area contributed by atoms with Gasteiger partial charge in [-0.25, -0.2) is 13.8 Å². The molecule has 0 fully saturated rings. The van der Waals surface area contributed by atoms with Crippen LogP contribution in [-0.2, 0) is 0 Å². The van der Waals surface area contributed by atoms with Crippen LogP contribution in [0.2, 0.25) is 0 Å². The zero-order valence-electron chi connectivity index (χ0n) is 7.00. The first-order valence-corrected chi connectivity index (χ1v) is 4.60. The van der Waals surface area contributed by atoms with E-state index in [-0.39, 0.29) is 15.0 Å². The second kappa shape index (κ2) is 4.11. The Morgan fingerprint density at radius 2 is 2.21 bits per heavy atom. The normalized spacial score (nSPS) is 10.6. The van der Waals surface area contributed by atoms with E-state index >= 15 is 0 Å². The highest BCUT2D eigenvalue weighted by Gasteiger charge is 2.23. The minimum Gasteiger partial charge on any atom is -0.258 e. The zero-order valence-corrected chi connectivity index (χ0v) is 9.16. The molecule has 0 saturated carbocycles. The summed E-state index contributed by atoms with van der Waals surface area (Å²) in [6.07, 6.45) is -1.77. The topological polar surface area (TPSA) is 56.0 Å². The van der Waals surface area contributed by atoms with Crippen molar-refractivity contribution in [2.24, 2.45) is 0 Å². The molecule has 1 rings (SSSR count). The highest BCUT2D eigenvalue weighted by Crippen LogP contribution is 2.30. The maximum Gasteiger partial charge on any atom is 0.304 e. The lowest BCUT2D eigenvalue weighted by Crippen LogP contribution is -2.01. The van der Waals surface area contributed by atoms with E-state index in [1.54, 1.807) is 22.6 Å². The van der Waals surface area contributed by atoms with Gasteiger partial charge in [-0.1, -0.05) is 0 Å². The molecular formula is C7H5F2IN2O2. The van der Waals surface area contributed by atoms with Gasteiger partial charge < -0.3 is 0 Å². The first kappa shape index (κ1) is 11.2. The molecule has 4 nitrogen and oxygen atoms in total. The first-order chi connectivity index (χ1) is 6.45. The number of rotatable bonds is 2. The average Bonchev–Trinajstić information content (AvgIpc) is 2.02. The van der Waals surface area contributed by atoms with E-state index in [1.807, 2.05) is 0 Å². The number of hydrogen-bond donors (Lipinski definition) is 0. The Morgan fingerprint density at radius 1 is 1.64 bits per heavy atom. The van der Waals surface area contributed by atoms with E-state index in [4.69, 9.17) is 0 Å². The van der Waals surface area contributed by atoms with Gasteiger partial charge in [-0.2, -0.15) is 0 Å². The molecule has 0 N–H and O–H groups in total. The largest absolute Gasteiger partial charge is 0.304 e. The number of alkyl halides is 2. The third kappa shape index (κ3) is 1.97. The monoisotopic (exact) mass is 314 g/mol. The van der Waals surface area contributed by atoms with Gasteiger partial charge >= 0.3 is 5.69 Å². The molecular weight excluding hydrogens is 309 g/mol. The Balaban J connectivity index is 3.41. The Labute approximate surface area is 91.6 Å². The van der Waals surface area contributed by atoms with Crippen LogP contribution < -0.4 is 0 Å². The number of nitrogens with zero attached hydrogens (tertiary/aromatic N) is 2. The number of aromatic nitrogens is 1. The summed E-state index contributed by atoms with van der Waals surface area (Å²) in [4.78, 5) is 13.4. The standard InChI is InChI=1S/C7H5F2IN2O2/c1-3-4(6(8)9)2-11-7(10)5(3)12(13)14/h2,6H,1H3. The number of pyridine rings is 1. The Kier molecular flexibility index (Phi) is 3.29. The first-order valence-electron chi connectivity index (χ1n) is 3.52. The molecule has 76 valence electrons. The number of halogens is 3. The van der Waals surface area contributed by atoms with Gasteiger partial charge in [0.1, 0.15) is 0 Å². The van der Waals surface area contributed by atoms with Crippen molar-refractivity contribution in [2.45, 2.75) is 13.3 Å². The minimum atomic E-state index is -2.74. The Bertz CT molecular complexity index is 384. The fourth-order valence-electron chi connectivity index (χ4n) is 1.01. The van der Waals surface area contributed by atoms with Crippen LogP contribution in [0.3, 0.4) is 0 Å². The summed E-state index contributed by atoms with van der Waals surface area (Å²) in [5.41, 5.74) is -0.759. The molecule has 0 aliphatic carbocycles. The molecule has 0 aliphatic rings. The van der Waals surface area contributed by atoms with Gasteiger partial charge in [0.15, 0.2) is 3.70 Å². The second-order valence-electron chi connectivity index (χ2n) is 2.54. The van der Waals surface area contributed by atoms with Crippen LogP contribution in [0.25, 0.3) is 0 Å². The SMILES string of the molecule is Cc1c(C(F)F)cnc(I)c1[N+](=O)[O-]. The highest BCUT2D eigenvalue weighted by molar-refractivity contribution is 14.1. The van der Waals surface area contributed by atoms with Gasteiger partial charge in [-0.05, 0) is 29.5 Å². The van der Waals surface area contributed by atoms with Gasteiger partial charge in [0.25, 0.3) is 6.43 Å². The van der Waals surface area contributed by atoms with Gasteiger partial charge in [-0.15, -0.1) is 0 Å². The molecule has 0 saturated heterocycles. The molecule has 0 bridgehead atoms.